The highest BCUT2D eigenvalue weighted by molar-refractivity contribution is 5.91. The smallest absolute Gasteiger partial charge is 0.292 e. The topological polar surface area (TPSA) is 69.9 Å². The molecule has 0 N–H and O–H groups in total. The number of piperidine rings is 1. The number of hydrogen-bond acceptors (Lipinski definition) is 5. The van der Waals surface area contributed by atoms with Crippen LogP contribution in [0.5, 0.6) is 0 Å². The van der Waals surface area contributed by atoms with Crippen molar-refractivity contribution in [1.82, 2.24) is 19.9 Å². The van der Waals surface area contributed by atoms with Crippen molar-refractivity contribution in [2.24, 2.45) is 0 Å². The highest BCUT2D eigenvalue weighted by Crippen LogP contribution is 2.21. The maximum absolute atomic E-state index is 12.7. The molecule has 3 heterocycles. The van der Waals surface area contributed by atoms with Gasteiger partial charge in [0, 0.05) is 44.8 Å². The van der Waals surface area contributed by atoms with Crippen molar-refractivity contribution >= 4 is 11.8 Å². The lowest BCUT2D eigenvalue weighted by Crippen LogP contribution is -2.59. The van der Waals surface area contributed by atoms with Crippen LogP contribution in [0.3, 0.4) is 0 Å². The predicted octanol–water partition coefficient (Wildman–Crippen LogP) is 1.14. The first kappa shape index (κ1) is 17.0. The quantitative estimate of drug-likeness (QED) is 0.829. The standard InChI is InChI=1S/C17H26N4O3/c1-12(2)21-6-4-5-14(16(21)22)19-7-9-20(10-8-19)17(23)15-11-13(3)18-24-15/h11-12,14H,4-10H2,1-3H3. The summed E-state index contributed by atoms with van der Waals surface area (Å²) in [5.41, 5.74) is 0.707. The van der Waals surface area contributed by atoms with E-state index in [0.717, 1.165) is 32.5 Å². The molecule has 24 heavy (non-hydrogen) atoms. The molecule has 0 aliphatic carbocycles. The highest BCUT2D eigenvalue weighted by Gasteiger charge is 2.36. The van der Waals surface area contributed by atoms with Crippen molar-refractivity contribution < 1.29 is 14.1 Å². The molecule has 1 aromatic heterocycles. The fraction of sp³-hybridized carbons (Fsp3) is 0.706. The van der Waals surface area contributed by atoms with Crippen LogP contribution in [-0.2, 0) is 4.79 Å². The molecule has 0 saturated carbocycles. The minimum atomic E-state index is -0.117. The molecule has 2 fully saturated rings. The fourth-order valence-corrected chi connectivity index (χ4v) is 3.59. The number of nitrogens with zero attached hydrogens (tertiary/aromatic N) is 4. The predicted molar refractivity (Wildman–Crippen MR) is 88.6 cm³/mol. The summed E-state index contributed by atoms with van der Waals surface area (Å²) in [6.07, 6.45) is 1.96. The molecule has 0 radical (unpaired) electrons. The minimum absolute atomic E-state index is 0.0362. The van der Waals surface area contributed by atoms with Crippen molar-refractivity contribution in [2.45, 2.75) is 45.7 Å². The molecule has 132 valence electrons. The van der Waals surface area contributed by atoms with Crippen LogP contribution in [0.25, 0.3) is 0 Å². The number of aryl methyl sites for hydroxylation is 1. The summed E-state index contributed by atoms with van der Waals surface area (Å²) < 4.78 is 5.06. The van der Waals surface area contributed by atoms with Crippen molar-refractivity contribution in [3.8, 4) is 0 Å². The SMILES string of the molecule is Cc1cc(C(=O)N2CCN(C3CCCN(C(C)C)C3=O)CC2)on1. The third-order valence-corrected chi connectivity index (χ3v) is 4.95. The molecular weight excluding hydrogens is 308 g/mol. The van der Waals surface area contributed by atoms with Gasteiger partial charge in [-0.05, 0) is 33.6 Å². The van der Waals surface area contributed by atoms with E-state index in [1.165, 1.54) is 0 Å². The summed E-state index contributed by atoms with van der Waals surface area (Å²) in [4.78, 5) is 31.1. The molecule has 0 bridgehead atoms. The van der Waals surface area contributed by atoms with Crippen LogP contribution < -0.4 is 0 Å². The molecule has 7 nitrogen and oxygen atoms in total. The summed E-state index contributed by atoms with van der Waals surface area (Å²) in [6.45, 7) is 9.46. The zero-order valence-electron chi connectivity index (χ0n) is 14.7. The second kappa shape index (κ2) is 6.93. The van der Waals surface area contributed by atoms with Gasteiger partial charge in [-0.1, -0.05) is 5.16 Å². The Balaban J connectivity index is 1.58. The van der Waals surface area contributed by atoms with Crippen molar-refractivity contribution in [3.05, 3.63) is 17.5 Å². The summed E-state index contributed by atoms with van der Waals surface area (Å²) in [5, 5.41) is 3.77. The minimum Gasteiger partial charge on any atom is -0.351 e. The van der Waals surface area contributed by atoms with E-state index in [2.05, 4.69) is 23.9 Å². The molecule has 1 atom stereocenters. The summed E-state index contributed by atoms with van der Waals surface area (Å²) in [7, 11) is 0. The van der Waals surface area contributed by atoms with E-state index in [4.69, 9.17) is 4.52 Å². The van der Waals surface area contributed by atoms with Crippen molar-refractivity contribution in [3.63, 3.8) is 0 Å². The van der Waals surface area contributed by atoms with Gasteiger partial charge in [-0.25, -0.2) is 0 Å². The van der Waals surface area contributed by atoms with E-state index in [-0.39, 0.29) is 23.9 Å². The highest BCUT2D eigenvalue weighted by atomic mass is 16.5. The monoisotopic (exact) mass is 334 g/mol. The fourth-order valence-electron chi connectivity index (χ4n) is 3.59. The Labute approximate surface area is 142 Å². The number of aromatic nitrogens is 1. The van der Waals surface area contributed by atoms with Gasteiger partial charge in [0.2, 0.25) is 11.7 Å². The zero-order chi connectivity index (χ0) is 17.3. The number of piperazine rings is 1. The molecule has 1 unspecified atom stereocenters. The van der Waals surface area contributed by atoms with Gasteiger partial charge in [0.1, 0.15) is 0 Å². The van der Waals surface area contributed by atoms with Crippen molar-refractivity contribution in [2.75, 3.05) is 32.7 Å². The van der Waals surface area contributed by atoms with Crippen LogP contribution in [0.4, 0.5) is 0 Å². The summed E-state index contributed by atoms with van der Waals surface area (Å²) in [5.74, 6) is 0.414. The number of hydrogen-bond donors (Lipinski definition) is 0. The van der Waals surface area contributed by atoms with Gasteiger partial charge in [-0.3, -0.25) is 14.5 Å². The van der Waals surface area contributed by atoms with E-state index in [1.807, 2.05) is 4.90 Å². The van der Waals surface area contributed by atoms with E-state index in [9.17, 15) is 9.59 Å². The Morgan fingerprint density at radius 1 is 1.25 bits per heavy atom. The normalized spacial score (nSPS) is 23.2. The van der Waals surface area contributed by atoms with Crippen LogP contribution in [0.15, 0.2) is 10.6 Å². The molecule has 2 amide bonds. The summed E-state index contributed by atoms with van der Waals surface area (Å²) >= 11 is 0. The molecular formula is C17H26N4O3. The molecule has 2 aliphatic heterocycles. The molecule has 3 rings (SSSR count). The molecule has 7 heteroatoms. The van der Waals surface area contributed by atoms with Crippen LogP contribution in [0.2, 0.25) is 0 Å². The first-order valence-electron chi connectivity index (χ1n) is 8.74. The Morgan fingerprint density at radius 3 is 2.54 bits per heavy atom. The van der Waals surface area contributed by atoms with Gasteiger partial charge in [-0.2, -0.15) is 0 Å². The lowest BCUT2D eigenvalue weighted by atomic mass is 10.0. The molecule has 0 spiro atoms. The van der Waals surface area contributed by atoms with Gasteiger partial charge < -0.3 is 14.3 Å². The maximum atomic E-state index is 12.7. The second-order valence-electron chi connectivity index (χ2n) is 6.94. The largest absolute Gasteiger partial charge is 0.351 e. The second-order valence-corrected chi connectivity index (χ2v) is 6.94. The first-order chi connectivity index (χ1) is 11.5. The van der Waals surface area contributed by atoms with E-state index < -0.39 is 0 Å². The third-order valence-electron chi connectivity index (χ3n) is 4.95. The van der Waals surface area contributed by atoms with Gasteiger partial charge in [0.05, 0.1) is 11.7 Å². The molecule has 2 aliphatic rings. The Morgan fingerprint density at radius 2 is 1.96 bits per heavy atom. The average Bonchev–Trinajstić information content (AvgIpc) is 3.01. The van der Waals surface area contributed by atoms with E-state index in [1.54, 1.807) is 17.9 Å². The first-order valence-corrected chi connectivity index (χ1v) is 8.74. The van der Waals surface area contributed by atoms with Crippen LogP contribution in [0.1, 0.15) is 42.9 Å². The number of rotatable bonds is 3. The van der Waals surface area contributed by atoms with Crippen LogP contribution in [0, 0.1) is 6.92 Å². The Kier molecular flexibility index (Phi) is 4.89. The molecule has 2 saturated heterocycles. The number of amides is 2. The van der Waals surface area contributed by atoms with Crippen LogP contribution in [-0.4, -0.2) is 76.5 Å². The van der Waals surface area contributed by atoms with Crippen LogP contribution >= 0.6 is 0 Å². The summed E-state index contributed by atoms with van der Waals surface area (Å²) in [6, 6.07) is 1.88. The Bertz CT molecular complexity index is 605. The van der Waals surface area contributed by atoms with Gasteiger partial charge in [-0.15, -0.1) is 0 Å². The number of likely N-dealkylation sites (tertiary alicyclic amines) is 1. The number of carbonyl (C=O) groups is 2. The maximum Gasteiger partial charge on any atom is 0.292 e. The number of carbonyl (C=O) groups excluding carboxylic acids is 2. The average molecular weight is 334 g/mol. The van der Waals surface area contributed by atoms with Gasteiger partial charge in [0.15, 0.2) is 0 Å². The van der Waals surface area contributed by atoms with Gasteiger partial charge in [0.25, 0.3) is 5.91 Å². The Hall–Kier alpha value is -1.89. The van der Waals surface area contributed by atoms with Crippen molar-refractivity contribution in [1.29, 1.82) is 0 Å². The van der Waals surface area contributed by atoms with E-state index in [0.29, 0.717) is 24.5 Å². The molecule has 0 aromatic carbocycles. The third kappa shape index (κ3) is 3.31. The van der Waals surface area contributed by atoms with E-state index >= 15 is 0 Å². The van der Waals surface area contributed by atoms with Gasteiger partial charge >= 0.3 is 0 Å². The molecule has 1 aromatic rings. The zero-order valence-corrected chi connectivity index (χ0v) is 14.7. The lowest BCUT2D eigenvalue weighted by Gasteiger charge is -2.43. The lowest BCUT2D eigenvalue weighted by molar-refractivity contribution is -0.142.